The molecule has 16 heavy (non-hydrogen) atoms. The van der Waals surface area contributed by atoms with E-state index in [1.54, 1.807) is 18.2 Å². The molecule has 3 nitrogen and oxygen atoms in total. The molecule has 0 saturated carbocycles. The number of halogens is 1. The number of nitrogens with zero attached hydrogens (tertiary/aromatic N) is 1. The maximum Gasteiger partial charge on any atom is 0.136 e. The Morgan fingerprint density at radius 3 is 2.81 bits per heavy atom. The van der Waals surface area contributed by atoms with Crippen LogP contribution >= 0.6 is 11.6 Å². The van der Waals surface area contributed by atoms with Gasteiger partial charge in [-0.05, 0) is 31.5 Å². The van der Waals surface area contributed by atoms with E-state index in [4.69, 9.17) is 21.2 Å². The summed E-state index contributed by atoms with van der Waals surface area (Å²) in [6.07, 6.45) is 0.747. The molecule has 0 amide bonds. The van der Waals surface area contributed by atoms with Gasteiger partial charge in [0.25, 0.3) is 0 Å². The molecule has 1 heterocycles. The Morgan fingerprint density at radius 1 is 1.44 bits per heavy atom. The van der Waals surface area contributed by atoms with Gasteiger partial charge in [-0.1, -0.05) is 23.7 Å². The van der Waals surface area contributed by atoms with Gasteiger partial charge >= 0.3 is 0 Å². The van der Waals surface area contributed by atoms with Crippen LogP contribution in [0.4, 0.5) is 0 Å². The first-order valence-electron chi connectivity index (χ1n) is 5.07. The molecular formula is C12H12ClNO2. The lowest BCUT2D eigenvalue weighted by Crippen LogP contribution is -2.12. The van der Waals surface area contributed by atoms with Crippen LogP contribution in [0, 0.1) is 6.92 Å². The van der Waals surface area contributed by atoms with Crippen LogP contribution < -0.4 is 5.36 Å². The highest BCUT2D eigenvalue weighted by atomic mass is 35.5. The molecule has 0 radical (unpaired) electrons. The van der Waals surface area contributed by atoms with Crippen LogP contribution in [0.3, 0.4) is 0 Å². The summed E-state index contributed by atoms with van der Waals surface area (Å²) in [6.45, 7) is 3.85. The summed E-state index contributed by atoms with van der Waals surface area (Å²) >= 11 is 5.92. The Bertz CT molecular complexity index is 602. The second-order valence-corrected chi connectivity index (χ2v) is 4.02. The van der Waals surface area contributed by atoms with Gasteiger partial charge in [-0.15, -0.1) is 0 Å². The highest BCUT2D eigenvalue weighted by Gasteiger charge is 2.08. The molecule has 1 aromatic carbocycles. The Labute approximate surface area is 98.0 Å². The summed E-state index contributed by atoms with van der Waals surface area (Å²) < 4.78 is 5.65. The van der Waals surface area contributed by atoms with E-state index < -0.39 is 0 Å². The van der Waals surface area contributed by atoms with Gasteiger partial charge in [-0.2, -0.15) is 0 Å². The van der Waals surface area contributed by atoms with Crippen molar-refractivity contribution >= 4 is 22.6 Å². The van der Waals surface area contributed by atoms with Gasteiger partial charge in [-0.25, -0.2) is 0 Å². The van der Waals surface area contributed by atoms with Crippen LogP contribution in [-0.2, 0) is 6.42 Å². The first-order valence-corrected chi connectivity index (χ1v) is 5.45. The number of hydrogen-bond acceptors (Lipinski definition) is 3. The summed E-state index contributed by atoms with van der Waals surface area (Å²) in [5.74, 6) is 0.769. The third kappa shape index (κ3) is 1.67. The zero-order chi connectivity index (χ0) is 11.7. The van der Waals surface area contributed by atoms with E-state index in [1.807, 2.05) is 13.8 Å². The van der Waals surface area contributed by atoms with E-state index in [0.29, 0.717) is 16.0 Å². The van der Waals surface area contributed by atoms with Crippen molar-refractivity contribution in [1.82, 2.24) is 0 Å². The van der Waals surface area contributed by atoms with Crippen molar-refractivity contribution in [3.63, 3.8) is 0 Å². The third-order valence-corrected chi connectivity index (χ3v) is 2.86. The normalized spacial score (nSPS) is 12.3. The largest absolute Gasteiger partial charge is 0.461 e. The van der Waals surface area contributed by atoms with E-state index in [1.165, 1.54) is 0 Å². The molecule has 84 valence electrons. The van der Waals surface area contributed by atoms with Crippen LogP contribution in [-0.4, -0.2) is 5.21 Å². The van der Waals surface area contributed by atoms with Gasteiger partial charge in [0.1, 0.15) is 16.7 Å². The summed E-state index contributed by atoms with van der Waals surface area (Å²) in [7, 11) is 0. The molecule has 1 N–H and O–H groups in total. The molecule has 0 bridgehead atoms. The van der Waals surface area contributed by atoms with Gasteiger partial charge in [-0.3, -0.25) is 0 Å². The second-order valence-electron chi connectivity index (χ2n) is 3.58. The molecule has 0 aliphatic heterocycles. The van der Waals surface area contributed by atoms with Crippen LogP contribution in [0.25, 0.3) is 11.0 Å². The molecule has 0 fully saturated rings. The lowest BCUT2D eigenvalue weighted by molar-refractivity contribution is 0.301. The van der Waals surface area contributed by atoms with Crippen molar-refractivity contribution in [2.45, 2.75) is 20.3 Å². The van der Waals surface area contributed by atoms with E-state index in [0.717, 1.165) is 23.1 Å². The number of aryl methyl sites for hydroxylation is 1. The average Bonchev–Trinajstić information content (AvgIpc) is 2.28. The van der Waals surface area contributed by atoms with E-state index in [2.05, 4.69) is 5.16 Å². The molecular weight excluding hydrogens is 226 g/mol. The standard InChI is InChI=1S/C12H12ClNO2/c1-3-9-7(2)16-11-5-4-8(13)6-10(11)12(9)14-15/h4-6,15H,3H2,1-2H3. The quantitative estimate of drug-likeness (QED) is 0.611. The minimum Gasteiger partial charge on any atom is -0.461 e. The van der Waals surface area contributed by atoms with Crippen LogP contribution in [0.5, 0.6) is 0 Å². The lowest BCUT2D eigenvalue weighted by atomic mass is 10.1. The van der Waals surface area contributed by atoms with Gasteiger partial charge < -0.3 is 9.62 Å². The van der Waals surface area contributed by atoms with Crippen molar-refractivity contribution in [3.8, 4) is 0 Å². The number of hydrogen-bond donors (Lipinski definition) is 1. The predicted molar refractivity (Wildman–Crippen MR) is 62.7 cm³/mol. The first kappa shape index (κ1) is 11.0. The molecule has 0 aliphatic carbocycles. The van der Waals surface area contributed by atoms with Crippen molar-refractivity contribution < 1.29 is 9.62 Å². The minimum atomic E-state index is 0.545. The summed E-state index contributed by atoms with van der Waals surface area (Å²) in [5, 5.41) is 14.3. The molecule has 0 spiro atoms. The highest BCUT2D eigenvalue weighted by molar-refractivity contribution is 6.31. The second kappa shape index (κ2) is 4.18. The summed E-state index contributed by atoms with van der Waals surface area (Å²) in [5.41, 5.74) is 1.57. The van der Waals surface area contributed by atoms with E-state index in [-0.39, 0.29) is 0 Å². The smallest absolute Gasteiger partial charge is 0.136 e. The van der Waals surface area contributed by atoms with Crippen molar-refractivity contribution in [2.24, 2.45) is 5.16 Å². The van der Waals surface area contributed by atoms with E-state index in [9.17, 15) is 0 Å². The Morgan fingerprint density at radius 2 is 2.19 bits per heavy atom. The maximum atomic E-state index is 9.10. The number of fused-ring (bicyclic) bond motifs is 1. The fourth-order valence-electron chi connectivity index (χ4n) is 1.86. The minimum absolute atomic E-state index is 0.545. The topological polar surface area (TPSA) is 45.7 Å². The first-order chi connectivity index (χ1) is 7.67. The van der Waals surface area contributed by atoms with Gasteiger partial charge in [0.2, 0.25) is 0 Å². The summed E-state index contributed by atoms with van der Waals surface area (Å²) in [6, 6.07) is 5.27. The van der Waals surface area contributed by atoms with Crippen molar-refractivity contribution in [2.75, 3.05) is 0 Å². The van der Waals surface area contributed by atoms with Crippen LogP contribution in [0.2, 0.25) is 5.02 Å². The van der Waals surface area contributed by atoms with Crippen LogP contribution in [0.1, 0.15) is 18.2 Å². The average molecular weight is 238 g/mol. The zero-order valence-corrected chi connectivity index (χ0v) is 9.88. The number of rotatable bonds is 1. The molecule has 0 unspecified atom stereocenters. The predicted octanol–water partition coefficient (Wildman–Crippen LogP) is 3.25. The molecule has 0 saturated heterocycles. The molecule has 1 aromatic heterocycles. The molecule has 2 rings (SSSR count). The Balaban J connectivity index is 2.99. The Kier molecular flexibility index (Phi) is 2.88. The number of benzene rings is 1. The van der Waals surface area contributed by atoms with Gasteiger partial charge in [0.05, 0.1) is 0 Å². The highest BCUT2D eigenvalue weighted by Crippen LogP contribution is 2.19. The van der Waals surface area contributed by atoms with E-state index >= 15 is 0 Å². The molecule has 4 heteroatoms. The van der Waals surface area contributed by atoms with Gasteiger partial charge in [0.15, 0.2) is 0 Å². The monoisotopic (exact) mass is 237 g/mol. The van der Waals surface area contributed by atoms with Crippen LogP contribution in [0.15, 0.2) is 27.8 Å². The molecule has 0 atom stereocenters. The Hall–Kier alpha value is -1.48. The fraction of sp³-hybridized carbons (Fsp3) is 0.250. The van der Waals surface area contributed by atoms with Crippen molar-refractivity contribution in [1.29, 1.82) is 0 Å². The SMILES string of the molecule is CCc1c(C)oc2ccc(Cl)cc2c1=NO. The third-order valence-electron chi connectivity index (χ3n) is 2.62. The summed E-state index contributed by atoms with van der Waals surface area (Å²) in [4.78, 5) is 0. The van der Waals surface area contributed by atoms with Crippen molar-refractivity contribution in [3.05, 3.63) is 39.9 Å². The lowest BCUT2D eigenvalue weighted by Gasteiger charge is -2.06. The molecule has 2 aromatic rings. The fourth-order valence-corrected chi connectivity index (χ4v) is 2.03. The molecule has 0 aliphatic rings. The maximum absolute atomic E-state index is 9.10. The zero-order valence-electron chi connectivity index (χ0n) is 9.12. The van der Waals surface area contributed by atoms with Gasteiger partial charge in [0, 0.05) is 16.0 Å².